The van der Waals surface area contributed by atoms with Gasteiger partial charge in [-0.05, 0) is 46.0 Å². The van der Waals surface area contributed by atoms with E-state index in [0.29, 0.717) is 27.9 Å². The van der Waals surface area contributed by atoms with Crippen LogP contribution in [-0.4, -0.2) is 11.0 Å². The third-order valence-corrected chi connectivity index (χ3v) is 6.12. The second-order valence-electron chi connectivity index (χ2n) is 8.05. The summed E-state index contributed by atoms with van der Waals surface area (Å²) in [6, 6.07) is 0. The normalized spacial score (nSPS) is 11.4. The molecule has 0 aliphatic carbocycles. The van der Waals surface area contributed by atoms with Crippen LogP contribution in [0.25, 0.3) is 0 Å². The molecule has 5 heteroatoms. The molecule has 0 unspecified atom stereocenters. The van der Waals surface area contributed by atoms with Crippen molar-refractivity contribution in [2.75, 3.05) is 0 Å². The molecule has 170 valence electrons. The third-order valence-electron chi connectivity index (χ3n) is 5.23. The first-order valence-electron chi connectivity index (χ1n) is 11.6. The van der Waals surface area contributed by atoms with Crippen LogP contribution in [0.15, 0.2) is 12.2 Å². The van der Waals surface area contributed by atoms with Gasteiger partial charge in [0.05, 0.1) is 11.4 Å². The summed E-state index contributed by atoms with van der Waals surface area (Å²) < 4.78 is 5.40. The number of hydrogen-bond donors (Lipinski definition) is 0. The number of ether oxygens (including phenoxy) is 1. The number of pyridine rings is 1. The van der Waals surface area contributed by atoms with Gasteiger partial charge in [0.15, 0.2) is 5.75 Å². The van der Waals surface area contributed by atoms with E-state index < -0.39 is 0 Å². The smallest absolute Gasteiger partial charge is 0.311 e. The summed E-state index contributed by atoms with van der Waals surface area (Å²) >= 11 is 12.4. The van der Waals surface area contributed by atoms with Gasteiger partial charge in [-0.3, -0.25) is 9.78 Å². The summed E-state index contributed by atoms with van der Waals surface area (Å²) in [5.41, 5.74) is 1.23. The Hall–Kier alpha value is -1.06. The number of aryl methyl sites for hydroxylation is 2. The number of halogens is 2. The monoisotopic (exact) mass is 455 g/mol. The molecule has 0 atom stereocenters. The number of unbranched alkanes of at least 4 members (excludes halogenated alkanes) is 11. The van der Waals surface area contributed by atoms with Crippen LogP contribution in [0, 0.1) is 13.8 Å². The molecular weight excluding hydrogens is 417 g/mol. The quantitative estimate of drug-likeness (QED) is 0.142. The first-order valence-corrected chi connectivity index (χ1v) is 12.4. The van der Waals surface area contributed by atoms with Crippen molar-refractivity contribution in [1.29, 1.82) is 0 Å². The first kappa shape index (κ1) is 27.0. The molecule has 0 saturated heterocycles. The Morgan fingerprint density at radius 1 is 0.800 bits per heavy atom. The van der Waals surface area contributed by atoms with Gasteiger partial charge in [-0.2, -0.15) is 0 Å². The van der Waals surface area contributed by atoms with E-state index >= 15 is 0 Å². The second kappa shape index (κ2) is 16.6. The van der Waals surface area contributed by atoms with E-state index in [9.17, 15) is 4.79 Å². The van der Waals surface area contributed by atoms with Crippen LogP contribution in [-0.2, 0) is 4.79 Å². The lowest BCUT2D eigenvalue weighted by atomic mass is 10.1. The molecule has 0 fully saturated rings. The van der Waals surface area contributed by atoms with Gasteiger partial charge in [-0.25, -0.2) is 0 Å². The molecule has 0 spiro atoms. The molecule has 1 aromatic heterocycles. The van der Waals surface area contributed by atoms with Crippen molar-refractivity contribution in [3.05, 3.63) is 33.6 Å². The van der Waals surface area contributed by atoms with Crippen molar-refractivity contribution in [3.63, 3.8) is 0 Å². The van der Waals surface area contributed by atoms with Crippen LogP contribution in [0.1, 0.15) is 108 Å². The second-order valence-corrected chi connectivity index (χ2v) is 8.80. The summed E-state index contributed by atoms with van der Waals surface area (Å²) in [5, 5.41) is 0.618. The highest BCUT2D eigenvalue weighted by Gasteiger charge is 2.17. The average molecular weight is 456 g/mol. The Labute approximate surface area is 193 Å². The number of esters is 1. The van der Waals surface area contributed by atoms with E-state index in [1.165, 1.54) is 57.8 Å². The lowest BCUT2D eigenvalue weighted by molar-refractivity contribution is -0.134. The molecule has 0 bridgehead atoms. The van der Waals surface area contributed by atoms with Crippen molar-refractivity contribution in [3.8, 4) is 5.75 Å². The number of aromatic nitrogens is 1. The number of hydrogen-bond acceptors (Lipinski definition) is 3. The van der Waals surface area contributed by atoms with Crippen LogP contribution >= 0.6 is 23.2 Å². The van der Waals surface area contributed by atoms with Crippen LogP contribution in [0.5, 0.6) is 5.75 Å². The highest BCUT2D eigenvalue weighted by Crippen LogP contribution is 2.36. The maximum absolute atomic E-state index is 12.1. The Morgan fingerprint density at radius 2 is 1.27 bits per heavy atom. The van der Waals surface area contributed by atoms with E-state index in [-0.39, 0.29) is 11.7 Å². The minimum absolute atomic E-state index is 0.237. The topological polar surface area (TPSA) is 39.2 Å². The molecule has 1 aromatic rings. The van der Waals surface area contributed by atoms with E-state index in [1.54, 1.807) is 13.8 Å². The molecule has 1 rings (SSSR count). The molecule has 0 aliphatic heterocycles. The molecule has 1 heterocycles. The van der Waals surface area contributed by atoms with Gasteiger partial charge in [-0.1, -0.05) is 93.6 Å². The van der Waals surface area contributed by atoms with Gasteiger partial charge in [0, 0.05) is 6.42 Å². The van der Waals surface area contributed by atoms with Crippen molar-refractivity contribution in [2.45, 2.75) is 111 Å². The lowest BCUT2D eigenvalue weighted by Crippen LogP contribution is -2.09. The van der Waals surface area contributed by atoms with Crippen LogP contribution in [0.4, 0.5) is 0 Å². The predicted molar refractivity (Wildman–Crippen MR) is 129 cm³/mol. The Bertz CT molecular complexity index is 633. The summed E-state index contributed by atoms with van der Waals surface area (Å²) in [5.74, 6) is -0.0532. The number of carbonyl (C=O) groups is 1. The number of nitrogens with zero attached hydrogens (tertiary/aromatic N) is 1. The van der Waals surface area contributed by atoms with Gasteiger partial charge in [0.1, 0.15) is 10.0 Å². The van der Waals surface area contributed by atoms with E-state index in [4.69, 9.17) is 27.9 Å². The van der Waals surface area contributed by atoms with Crippen molar-refractivity contribution >= 4 is 29.2 Å². The average Bonchev–Trinajstić information content (AvgIpc) is 2.72. The minimum Gasteiger partial charge on any atom is -0.423 e. The fraction of sp³-hybridized carbons (Fsp3) is 0.680. The summed E-state index contributed by atoms with van der Waals surface area (Å²) in [7, 11) is 0. The Balaban J connectivity index is 2.04. The Kier molecular flexibility index (Phi) is 14.9. The summed E-state index contributed by atoms with van der Waals surface area (Å²) in [4.78, 5) is 16.3. The molecule has 0 aliphatic rings. The van der Waals surface area contributed by atoms with Crippen LogP contribution < -0.4 is 4.74 Å². The Morgan fingerprint density at radius 3 is 1.80 bits per heavy atom. The standard InChI is InChI=1S/C25H39Cl2NO2/c1-4-5-6-7-8-9-10-11-12-13-14-15-16-17-18-19-22(29)30-25-23(26)20(2)28-21(3)24(25)27/h11-12H,4-10,13-19H2,1-3H3/b12-11+. The maximum atomic E-state index is 12.1. The SMILES string of the molecule is CCCCCCCC/C=C/CCCCCCCC(=O)Oc1c(Cl)c(C)nc(C)c1Cl. The van der Waals surface area contributed by atoms with Crippen LogP contribution in [0.3, 0.4) is 0 Å². The zero-order valence-corrected chi connectivity index (χ0v) is 20.6. The van der Waals surface area contributed by atoms with Gasteiger partial charge in [0.25, 0.3) is 0 Å². The molecule has 0 radical (unpaired) electrons. The van der Waals surface area contributed by atoms with E-state index in [2.05, 4.69) is 24.1 Å². The lowest BCUT2D eigenvalue weighted by Gasteiger charge is -2.11. The van der Waals surface area contributed by atoms with Gasteiger partial charge in [0.2, 0.25) is 0 Å². The highest BCUT2D eigenvalue weighted by molar-refractivity contribution is 6.38. The van der Waals surface area contributed by atoms with E-state index in [0.717, 1.165) is 25.7 Å². The number of carbonyl (C=O) groups excluding carboxylic acids is 1. The van der Waals surface area contributed by atoms with Gasteiger partial charge < -0.3 is 4.74 Å². The van der Waals surface area contributed by atoms with Gasteiger partial charge >= 0.3 is 5.97 Å². The highest BCUT2D eigenvalue weighted by atomic mass is 35.5. The molecular formula is C25H39Cl2NO2. The summed E-state index contributed by atoms with van der Waals surface area (Å²) in [6.07, 6.45) is 21.0. The maximum Gasteiger partial charge on any atom is 0.311 e. The van der Waals surface area contributed by atoms with E-state index in [1.807, 2.05) is 0 Å². The van der Waals surface area contributed by atoms with Crippen LogP contribution in [0.2, 0.25) is 10.0 Å². The summed E-state index contributed by atoms with van der Waals surface area (Å²) in [6.45, 7) is 5.80. The number of rotatable bonds is 16. The molecule has 0 saturated carbocycles. The largest absolute Gasteiger partial charge is 0.423 e. The zero-order chi connectivity index (χ0) is 22.2. The van der Waals surface area contributed by atoms with Crippen molar-refractivity contribution in [2.24, 2.45) is 0 Å². The molecule has 30 heavy (non-hydrogen) atoms. The molecule has 0 N–H and O–H groups in total. The zero-order valence-electron chi connectivity index (χ0n) is 19.1. The predicted octanol–water partition coefficient (Wildman–Crippen LogP) is 8.95. The van der Waals surface area contributed by atoms with Crippen molar-refractivity contribution < 1.29 is 9.53 Å². The first-order chi connectivity index (χ1) is 14.5. The van der Waals surface area contributed by atoms with Gasteiger partial charge in [-0.15, -0.1) is 0 Å². The fourth-order valence-corrected chi connectivity index (χ4v) is 3.77. The molecule has 0 aromatic carbocycles. The minimum atomic E-state index is -0.290. The third kappa shape index (κ3) is 11.4. The molecule has 0 amide bonds. The molecule has 3 nitrogen and oxygen atoms in total. The van der Waals surface area contributed by atoms with Crippen molar-refractivity contribution in [1.82, 2.24) is 4.98 Å². The fourth-order valence-electron chi connectivity index (χ4n) is 3.37. The number of allylic oxidation sites excluding steroid dienone is 2.